The SMILES string of the molecule is Cc1ccc(NC(=O)N2CCN(C[C@@H]3CCCN(CCCc4ccc(S(C)(=O)=O)cc4)C3)CC2)cc1. The van der Waals surface area contributed by atoms with E-state index in [1.54, 1.807) is 12.1 Å². The number of carbonyl (C=O) groups is 1. The van der Waals surface area contributed by atoms with Crippen molar-refractivity contribution < 1.29 is 13.2 Å². The molecule has 2 fully saturated rings. The molecule has 0 radical (unpaired) electrons. The van der Waals surface area contributed by atoms with Crippen LogP contribution in [0, 0.1) is 12.8 Å². The number of hydrogen-bond acceptors (Lipinski definition) is 5. The van der Waals surface area contributed by atoms with Gasteiger partial charge >= 0.3 is 6.03 Å². The predicted molar refractivity (Wildman–Crippen MR) is 145 cm³/mol. The van der Waals surface area contributed by atoms with Crippen LogP contribution < -0.4 is 5.32 Å². The standard InChI is InChI=1S/C28H40N4O3S/c1-23-7-11-26(12-8-23)29-28(33)32-19-17-31(18-20-32)22-25-6-4-16-30(21-25)15-3-5-24-9-13-27(14-10-24)36(2,34)35/h7-14,25H,3-6,15-22H2,1-2H3,(H,29,33)/t25-/m1/s1. The third kappa shape index (κ3) is 7.79. The van der Waals surface area contributed by atoms with Gasteiger partial charge in [0, 0.05) is 51.2 Å². The molecule has 0 unspecified atom stereocenters. The Bertz CT molecular complexity index is 1090. The first-order valence-corrected chi connectivity index (χ1v) is 15.0. The molecule has 2 amide bonds. The summed E-state index contributed by atoms with van der Waals surface area (Å²) in [6, 6.07) is 15.2. The third-order valence-electron chi connectivity index (χ3n) is 7.37. The van der Waals surface area contributed by atoms with Crippen molar-refractivity contribution in [2.75, 3.05) is 63.9 Å². The van der Waals surface area contributed by atoms with Gasteiger partial charge in [-0.15, -0.1) is 0 Å². The van der Waals surface area contributed by atoms with Crippen LogP contribution in [0.2, 0.25) is 0 Å². The van der Waals surface area contributed by atoms with Crippen LogP contribution in [0.1, 0.15) is 30.4 Å². The van der Waals surface area contributed by atoms with E-state index in [4.69, 9.17) is 0 Å². The van der Waals surface area contributed by atoms with Gasteiger partial charge in [-0.1, -0.05) is 29.8 Å². The number of hydrogen-bond donors (Lipinski definition) is 1. The molecule has 7 nitrogen and oxygen atoms in total. The fraction of sp³-hybridized carbons (Fsp3) is 0.536. The number of amides is 2. The van der Waals surface area contributed by atoms with Crippen LogP contribution in [-0.4, -0.2) is 87.8 Å². The molecule has 196 valence electrons. The number of urea groups is 1. The Hall–Kier alpha value is -2.42. The fourth-order valence-electron chi connectivity index (χ4n) is 5.25. The molecule has 0 spiro atoms. The number of rotatable bonds is 8. The highest BCUT2D eigenvalue weighted by molar-refractivity contribution is 7.90. The number of aryl methyl sites for hydroxylation is 2. The molecule has 2 aromatic carbocycles. The number of piperazine rings is 1. The monoisotopic (exact) mass is 512 g/mol. The first kappa shape index (κ1) is 26.6. The van der Waals surface area contributed by atoms with Gasteiger partial charge in [-0.25, -0.2) is 13.2 Å². The second-order valence-electron chi connectivity index (χ2n) is 10.4. The Morgan fingerprint density at radius 2 is 1.64 bits per heavy atom. The van der Waals surface area contributed by atoms with E-state index in [-0.39, 0.29) is 6.03 Å². The molecule has 1 atom stereocenters. The number of nitrogens with zero attached hydrogens (tertiary/aromatic N) is 3. The summed E-state index contributed by atoms with van der Waals surface area (Å²) < 4.78 is 23.3. The van der Waals surface area contributed by atoms with E-state index in [0.717, 1.165) is 70.9 Å². The van der Waals surface area contributed by atoms with Crippen molar-refractivity contribution in [2.45, 2.75) is 37.5 Å². The van der Waals surface area contributed by atoms with Gasteiger partial charge in [-0.2, -0.15) is 0 Å². The van der Waals surface area contributed by atoms with E-state index >= 15 is 0 Å². The van der Waals surface area contributed by atoms with Gasteiger partial charge in [0.05, 0.1) is 4.90 Å². The van der Waals surface area contributed by atoms with Crippen molar-refractivity contribution in [2.24, 2.45) is 5.92 Å². The lowest BCUT2D eigenvalue weighted by Crippen LogP contribution is -2.52. The molecule has 0 saturated carbocycles. The van der Waals surface area contributed by atoms with Crippen LogP contribution in [-0.2, 0) is 16.3 Å². The topological polar surface area (TPSA) is 73.0 Å². The Labute approximate surface area is 216 Å². The molecule has 2 saturated heterocycles. The number of likely N-dealkylation sites (tertiary alicyclic amines) is 1. The predicted octanol–water partition coefficient (Wildman–Crippen LogP) is 3.89. The third-order valence-corrected chi connectivity index (χ3v) is 8.50. The van der Waals surface area contributed by atoms with E-state index < -0.39 is 9.84 Å². The summed E-state index contributed by atoms with van der Waals surface area (Å²) in [7, 11) is -3.13. The van der Waals surface area contributed by atoms with Crippen LogP contribution in [0.3, 0.4) is 0 Å². The molecule has 4 rings (SSSR count). The van der Waals surface area contributed by atoms with Crippen LogP contribution in [0.15, 0.2) is 53.4 Å². The lowest BCUT2D eigenvalue weighted by molar-refractivity contribution is 0.101. The Morgan fingerprint density at radius 1 is 0.944 bits per heavy atom. The molecule has 1 N–H and O–H groups in total. The number of carbonyl (C=O) groups excluding carboxylic acids is 1. The molecular weight excluding hydrogens is 472 g/mol. The van der Waals surface area contributed by atoms with Crippen LogP contribution in [0.5, 0.6) is 0 Å². The van der Waals surface area contributed by atoms with Crippen molar-refractivity contribution in [3.05, 3.63) is 59.7 Å². The first-order valence-electron chi connectivity index (χ1n) is 13.1. The van der Waals surface area contributed by atoms with Crippen molar-refractivity contribution >= 4 is 21.6 Å². The minimum atomic E-state index is -3.13. The molecule has 8 heteroatoms. The Kier molecular flexibility index (Phi) is 9.04. The quantitative estimate of drug-likeness (QED) is 0.581. The second kappa shape index (κ2) is 12.2. The van der Waals surface area contributed by atoms with Crippen molar-refractivity contribution in [3.63, 3.8) is 0 Å². The highest BCUT2D eigenvalue weighted by atomic mass is 32.2. The second-order valence-corrected chi connectivity index (χ2v) is 12.4. The van der Waals surface area contributed by atoms with Crippen LogP contribution in [0.25, 0.3) is 0 Å². The average molecular weight is 513 g/mol. The summed E-state index contributed by atoms with van der Waals surface area (Å²) in [5, 5.41) is 3.02. The fourth-order valence-corrected chi connectivity index (χ4v) is 5.88. The van der Waals surface area contributed by atoms with Gasteiger partial charge in [0.15, 0.2) is 9.84 Å². The number of nitrogens with one attached hydrogen (secondary N) is 1. The molecule has 0 aliphatic carbocycles. The van der Waals surface area contributed by atoms with Gasteiger partial charge in [0.2, 0.25) is 0 Å². The maximum Gasteiger partial charge on any atom is 0.321 e. The van der Waals surface area contributed by atoms with Gasteiger partial charge < -0.3 is 15.1 Å². The largest absolute Gasteiger partial charge is 0.322 e. The van der Waals surface area contributed by atoms with E-state index in [2.05, 4.69) is 15.1 Å². The molecule has 0 aromatic heterocycles. The van der Waals surface area contributed by atoms with Gasteiger partial charge in [-0.3, -0.25) is 4.90 Å². The van der Waals surface area contributed by atoms with E-state index in [0.29, 0.717) is 10.8 Å². The summed E-state index contributed by atoms with van der Waals surface area (Å²) in [5.41, 5.74) is 3.23. The summed E-state index contributed by atoms with van der Waals surface area (Å²) in [6.07, 6.45) is 5.82. The minimum Gasteiger partial charge on any atom is -0.322 e. The zero-order chi connectivity index (χ0) is 25.5. The smallest absolute Gasteiger partial charge is 0.321 e. The van der Waals surface area contributed by atoms with E-state index in [9.17, 15) is 13.2 Å². The number of piperidine rings is 1. The lowest BCUT2D eigenvalue weighted by Gasteiger charge is -2.39. The summed E-state index contributed by atoms with van der Waals surface area (Å²) >= 11 is 0. The van der Waals surface area contributed by atoms with E-state index in [1.807, 2.05) is 48.2 Å². The minimum absolute atomic E-state index is 0.00620. The maximum atomic E-state index is 12.6. The Balaban J connectivity index is 1.15. The van der Waals surface area contributed by atoms with Crippen molar-refractivity contribution in [1.82, 2.24) is 14.7 Å². The first-order chi connectivity index (χ1) is 17.3. The number of anilines is 1. The normalized spacial score (nSPS) is 19.8. The van der Waals surface area contributed by atoms with Crippen LogP contribution in [0.4, 0.5) is 10.5 Å². The summed E-state index contributed by atoms with van der Waals surface area (Å²) in [5.74, 6) is 0.681. The lowest BCUT2D eigenvalue weighted by atomic mass is 9.96. The Morgan fingerprint density at radius 3 is 2.31 bits per heavy atom. The highest BCUT2D eigenvalue weighted by Crippen LogP contribution is 2.20. The summed E-state index contributed by atoms with van der Waals surface area (Å²) in [6.45, 7) is 9.94. The molecule has 2 aliphatic rings. The zero-order valence-corrected chi connectivity index (χ0v) is 22.5. The highest BCUT2D eigenvalue weighted by Gasteiger charge is 2.26. The summed E-state index contributed by atoms with van der Waals surface area (Å²) in [4.78, 5) is 20.0. The molecule has 0 bridgehead atoms. The van der Waals surface area contributed by atoms with Crippen molar-refractivity contribution in [1.29, 1.82) is 0 Å². The van der Waals surface area contributed by atoms with Gasteiger partial charge in [0.1, 0.15) is 0 Å². The maximum absolute atomic E-state index is 12.6. The number of sulfone groups is 1. The number of benzene rings is 2. The average Bonchev–Trinajstić information content (AvgIpc) is 2.86. The van der Waals surface area contributed by atoms with Gasteiger partial charge in [-0.05, 0) is 81.4 Å². The van der Waals surface area contributed by atoms with Crippen LogP contribution >= 0.6 is 0 Å². The van der Waals surface area contributed by atoms with Gasteiger partial charge in [0.25, 0.3) is 0 Å². The van der Waals surface area contributed by atoms with E-state index in [1.165, 1.54) is 30.2 Å². The molecule has 2 heterocycles. The zero-order valence-electron chi connectivity index (χ0n) is 21.7. The molecular formula is C28H40N4O3S. The molecule has 2 aliphatic heterocycles. The molecule has 36 heavy (non-hydrogen) atoms. The molecule has 2 aromatic rings. The van der Waals surface area contributed by atoms with Crippen molar-refractivity contribution in [3.8, 4) is 0 Å².